The Morgan fingerprint density at radius 2 is 2.05 bits per heavy atom. The Kier molecular flexibility index (Phi) is 4.77. The topological polar surface area (TPSA) is 62.3 Å². The number of benzene rings is 1. The Morgan fingerprint density at radius 1 is 1.42 bits per heavy atom. The average Bonchev–Trinajstić information content (AvgIpc) is 2.34. The Labute approximate surface area is 109 Å². The quantitative estimate of drug-likeness (QED) is 0.639. The van der Waals surface area contributed by atoms with Gasteiger partial charge in [-0.15, -0.1) is 0 Å². The third kappa shape index (κ3) is 3.85. The Hall–Kier alpha value is -1.76. The van der Waals surface area contributed by atoms with E-state index in [4.69, 9.17) is 15.9 Å². The van der Waals surface area contributed by atoms with E-state index in [1.807, 2.05) is 0 Å². The van der Waals surface area contributed by atoms with Gasteiger partial charge >= 0.3 is 6.18 Å². The summed E-state index contributed by atoms with van der Waals surface area (Å²) in [5.41, 5.74) is 4.56. The maximum Gasteiger partial charge on any atom is 0.417 e. The molecular formula is C12H16F3N3O. The van der Waals surface area contributed by atoms with Crippen LogP contribution in [-0.2, 0) is 10.9 Å². The third-order valence-electron chi connectivity index (χ3n) is 2.67. The fraction of sp³-hybridized carbons (Fsp3) is 0.417. The molecule has 0 radical (unpaired) electrons. The molecule has 0 fully saturated rings. The number of nitrogens with one attached hydrogen (secondary N) is 1. The van der Waals surface area contributed by atoms with Crippen molar-refractivity contribution in [3.63, 3.8) is 0 Å². The highest BCUT2D eigenvalue weighted by Crippen LogP contribution is 2.33. The van der Waals surface area contributed by atoms with Crippen molar-refractivity contribution < 1.29 is 17.9 Å². The first kappa shape index (κ1) is 15.3. The predicted octanol–water partition coefficient (Wildman–Crippen LogP) is 2.07. The molecule has 0 amide bonds. The molecule has 0 saturated heterocycles. The maximum absolute atomic E-state index is 12.8. The number of methoxy groups -OCH3 is 1. The Balaban J connectivity index is 3.13. The van der Waals surface area contributed by atoms with Crippen LogP contribution in [0.15, 0.2) is 18.2 Å². The summed E-state index contributed by atoms with van der Waals surface area (Å²) in [7, 11) is 3.27. The number of amidine groups is 1. The first-order valence-electron chi connectivity index (χ1n) is 5.53. The number of likely N-dealkylation sites (N-methyl/N-ethyl adjacent to an activating group) is 1. The second kappa shape index (κ2) is 5.92. The van der Waals surface area contributed by atoms with Crippen LogP contribution in [-0.4, -0.2) is 33.1 Å². The lowest BCUT2D eigenvalue weighted by Gasteiger charge is -2.21. The monoisotopic (exact) mass is 275 g/mol. The van der Waals surface area contributed by atoms with Crippen molar-refractivity contribution in [1.29, 1.82) is 5.41 Å². The van der Waals surface area contributed by atoms with E-state index in [0.717, 1.165) is 6.07 Å². The molecule has 0 aliphatic carbocycles. The van der Waals surface area contributed by atoms with Gasteiger partial charge < -0.3 is 15.4 Å². The average molecular weight is 275 g/mol. The molecule has 7 heteroatoms. The molecule has 1 aromatic rings. The Bertz CT molecular complexity index is 460. The summed E-state index contributed by atoms with van der Waals surface area (Å²) in [6.45, 7) is 0.978. The lowest BCUT2D eigenvalue weighted by Crippen LogP contribution is -2.24. The summed E-state index contributed by atoms with van der Waals surface area (Å²) >= 11 is 0. The third-order valence-corrected chi connectivity index (χ3v) is 2.67. The van der Waals surface area contributed by atoms with E-state index < -0.39 is 17.6 Å². The number of nitrogens with zero attached hydrogens (tertiary/aromatic N) is 1. The molecular weight excluding hydrogens is 259 g/mol. The maximum atomic E-state index is 12.8. The molecule has 0 unspecified atom stereocenters. The van der Waals surface area contributed by atoms with Crippen molar-refractivity contribution in [1.82, 2.24) is 0 Å². The van der Waals surface area contributed by atoms with E-state index in [-0.39, 0.29) is 5.56 Å². The minimum Gasteiger partial charge on any atom is -0.384 e. The number of nitrogen functional groups attached to an aromatic ring is 1. The van der Waals surface area contributed by atoms with Crippen LogP contribution in [0.3, 0.4) is 0 Å². The summed E-state index contributed by atoms with van der Waals surface area (Å²) in [5.74, 6) is -0.602. The second-order valence-electron chi connectivity index (χ2n) is 4.06. The highest BCUT2D eigenvalue weighted by atomic mass is 19.4. The van der Waals surface area contributed by atoms with Gasteiger partial charge in [-0.25, -0.2) is 0 Å². The first-order valence-corrected chi connectivity index (χ1v) is 5.53. The molecule has 1 aromatic carbocycles. The van der Waals surface area contributed by atoms with Gasteiger partial charge in [0.2, 0.25) is 0 Å². The lowest BCUT2D eigenvalue weighted by molar-refractivity contribution is -0.137. The number of hydrogen-bond acceptors (Lipinski definition) is 3. The van der Waals surface area contributed by atoms with E-state index >= 15 is 0 Å². The van der Waals surface area contributed by atoms with Crippen molar-refractivity contribution in [3.05, 3.63) is 29.3 Å². The number of alkyl halides is 3. The van der Waals surface area contributed by atoms with Crippen molar-refractivity contribution in [2.45, 2.75) is 6.18 Å². The molecule has 0 heterocycles. The van der Waals surface area contributed by atoms with Gasteiger partial charge in [0.1, 0.15) is 5.84 Å². The number of halogens is 3. The van der Waals surface area contributed by atoms with E-state index in [9.17, 15) is 13.2 Å². The smallest absolute Gasteiger partial charge is 0.384 e. The van der Waals surface area contributed by atoms with Gasteiger partial charge in [0.15, 0.2) is 0 Å². The molecule has 0 aromatic heterocycles. The van der Waals surface area contributed by atoms with E-state index in [0.29, 0.717) is 18.8 Å². The van der Waals surface area contributed by atoms with Gasteiger partial charge in [-0.3, -0.25) is 5.41 Å². The largest absolute Gasteiger partial charge is 0.417 e. The van der Waals surface area contributed by atoms with Crippen molar-refractivity contribution >= 4 is 11.5 Å². The minimum atomic E-state index is -4.52. The summed E-state index contributed by atoms with van der Waals surface area (Å²) in [6.07, 6.45) is -4.52. The summed E-state index contributed by atoms with van der Waals surface area (Å²) in [6, 6.07) is 3.56. The molecule has 0 spiro atoms. The summed E-state index contributed by atoms with van der Waals surface area (Å²) in [4.78, 5) is 1.73. The van der Waals surface area contributed by atoms with Gasteiger partial charge in [0.05, 0.1) is 12.2 Å². The molecule has 1 rings (SSSR count). The zero-order chi connectivity index (χ0) is 14.6. The van der Waals surface area contributed by atoms with Crippen molar-refractivity contribution in [2.24, 2.45) is 5.73 Å². The van der Waals surface area contributed by atoms with Gasteiger partial charge in [-0.05, 0) is 18.2 Å². The van der Waals surface area contributed by atoms with Gasteiger partial charge in [0, 0.05) is 32.0 Å². The van der Waals surface area contributed by atoms with Crippen LogP contribution in [0, 0.1) is 5.41 Å². The molecule has 0 aliphatic rings. The van der Waals surface area contributed by atoms with Crippen LogP contribution in [0.1, 0.15) is 11.1 Å². The highest BCUT2D eigenvalue weighted by molar-refractivity contribution is 5.97. The molecule has 0 aliphatic heterocycles. The number of ether oxygens (including phenoxy) is 1. The molecule has 0 saturated carbocycles. The van der Waals surface area contributed by atoms with Gasteiger partial charge in [0.25, 0.3) is 0 Å². The fourth-order valence-electron chi connectivity index (χ4n) is 1.60. The number of nitrogens with two attached hydrogens (primary N) is 1. The van der Waals surface area contributed by atoms with Crippen LogP contribution >= 0.6 is 0 Å². The van der Waals surface area contributed by atoms with E-state index in [2.05, 4.69) is 0 Å². The Morgan fingerprint density at radius 3 is 2.53 bits per heavy atom. The molecule has 3 N–H and O–H groups in total. The second-order valence-corrected chi connectivity index (χ2v) is 4.06. The van der Waals surface area contributed by atoms with Crippen LogP contribution in [0.25, 0.3) is 0 Å². The van der Waals surface area contributed by atoms with Gasteiger partial charge in [-0.2, -0.15) is 13.2 Å². The molecule has 0 atom stereocenters. The molecule has 4 nitrogen and oxygen atoms in total. The fourth-order valence-corrected chi connectivity index (χ4v) is 1.60. The van der Waals surface area contributed by atoms with Crippen molar-refractivity contribution in [2.75, 3.05) is 32.2 Å². The first-order chi connectivity index (χ1) is 8.77. The van der Waals surface area contributed by atoms with Gasteiger partial charge in [-0.1, -0.05) is 0 Å². The lowest BCUT2D eigenvalue weighted by atomic mass is 10.0. The number of anilines is 1. The molecule has 106 valence electrons. The standard InChI is InChI=1S/C12H16F3N3O/c1-18(5-6-19-2)8-3-4-10(12(13,14)15)9(7-8)11(16)17/h3-4,7H,5-6H2,1-2H3,(H3,16,17). The summed E-state index contributed by atoms with van der Waals surface area (Å²) in [5, 5.41) is 7.27. The van der Waals surface area contributed by atoms with Crippen LogP contribution in [0.5, 0.6) is 0 Å². The highest BCUT2D eigenvalue weighted by Gasteiger charge is 2.34. The SMILES string of the molecule is COCCN(C)c1ccc(C(F)(F)F)c(C(=N)N)c1. The van der Waals surface area contributed by atoms with Crippen molar-refractivity contribution in [3.8, 4) is 0 Å². The van der Waals surface area contributed by atoms with Crippen LogP contribution in [0.4, 0.5) is 18.9 Å². The van der Waals surface area contributed by atoms with Crippen LogP contribution in [0.2, 0.25) is 0 Å². The summed E-state index contributed by atoms with van der Waals surface area (Å²) < 4.78 is 43.2. The molecule has 0 bridgehead atoms. The minimum absolute atomic E-state index is 0.311. The van der Waals surface area contributed by atoms with E-state index in [1.54, 1.807) is 19.1 Å². The zero-order valence-electron chi connectivity index (χ0n) is 10.7. The normalized spacial score (nSPS) is 11.4. The van der Waals surface area contributed by atoms with E-state index in [1.165, 1.54) is 12.1 Å². The number of rotatable bonds is 5. The predicted molar refractivity (Wildman–Crippen MR) is 67.6 cm³/mol. The molecule has 19 heavy (non-hydrogen) atoms. The van der Waals surface area contributed by atoms with Crippen LogP contribution < -0.4 is 10.6 Å². The zero-order valence-corrected chi connectivity index (χ0v) is 10.7. The number of hydrogen-bond donors (Lipinski definition) is 2.